The minimum atomic E-state index is -1.21. The van der Waals surface area contributed by atoms with Gasteiger partial charge in [0.2, 0.25) is 0 Å². The summed E-state index contributed by atoms with van der Waals surface area (Å²) in [4.78, 5) is 12.4. The molecule has 6 heteroatoms. The molecule has 1 unspecified atom stereocenters. The molecule has 0 radical (unpaired) electrons. The predicted molar refractivity (Wildman–Crippen MR) is 71.9 cm³/mol. The van der Waals surface area contributed by atoms with Crippen molar-refractivity contribution in [3.8, 4) is 0 Å². The molecule has 0 bridgehead atoms. The molecular formula is C10H7BrO2S3. The zero-order chi connectivity index (χ0) is 11.5. The summed E-state index contributed by atoms with van der Waals surface area (Å²) < 4.78 is 13.5. The van der Waals surface area contributed by atoms with E-state index in [-0.39, 0.29) is 11.5 Å². The van der Waals surface area contributed by atoms with Crippen molar-refractivity contribution in [2.45, 2.75) is 4.21 Å². The van der Waals surface area contributed by atoms with Crippen LogP contribution in [0.3, 0.4) is 0 Å². The van der Waals surface area contributed by atoms with Gasteiger partial charge >= 0.3 is 0 Å². The van der Waals surface area contributed by atoms with Crippen LogP contribution in [0.25, 0.3) is 0 Å². The number of Topliss-reactive ketones (excluding diaryl/α,β-unsaturated/α-hetero) is 1. The molecule has 0 amide bonds. The van der Waals surface area contributed by atoms with E-state index in [0.717, 1.165) is 8.00 Å². The fourth-order valence-corrected chi connectivity index (χ4v) is 4.52. The Labute approximate surface area is 112 Å². The standard InChI is InChI=1S/C10H7BrO2S3/c11-9-4-3-8(15-9)7(12)6-16(13)10-2-1-5-14-10/h1-5H,6H2. The van der Waals surface area contributed by atoms with Gasteiger partial charge in [-0.25, -0.2) is 0 Å². The lowest BCUT2D eigenvalue weighted by Gasteiger charge is -1.96. The van der Waals surface area contributed by atoms with Crippen molar-refractivity contribution < 1.29 is 9.00 Å². The Bertz CT molecular complexity index is 516. The van der Waals surface area contributed by atoms with Crippen LogP contribution in [-0.4, -0.2) is 15.7 Å². The first kappa shape index (κ1) is 12.2. The lowest BCUT2D eigenvalue weighted by Crippen LogP contribution is -2.08. The number of thiophene rings is 2. The van der Waals surface area contributed by atoms with Crippen LogP contribution >= 0.6 is 38.6 Å². The number of ketones is 1. The van der Waals surface area contributed by atoms with E-state index in [2.05, 4.69) is 15.9 Å². The zero-order valence-electron chi connectivity index (χ0n) is 8.01. The first-order chi connectivity index (χ1) is 7.66. The second kappa shape index (κ2) is 5.35. The Morgan fingerprint density at radius 1 is 1.38 bits per heavy atom. The predicted octanol–water partition coefficient (Wildman–Crippen LogP) is 3.56. The van der Waals surface area contributed by atoms with Gasteiger partial charge in [0.15, 0.2) is 5.78 Å². The summed E-state index contributed by atoms with van der Waals surface area (Å²) in [7, 11) is -1.21. The molecule has 2 nitrogen and oxygen atoms in total. The van der Waals surface area contributed by atoms with Crippen molar-refractivity contribution in [2.24, 2.45) is 0 Å². The van der Waals surface area contributed by atoms with Gasteiger partial charge in [0.1, 0.15) is 0 Å². The van der Waals surface area contributed by atoms with E-state index in [1.807, 2.05) is 17.5 Å². The highest BCUT2D eigenvalue weighted by Gasteiger charge is 2.14. The third-order valence-corrected chi connectivity index (χ3v) is 6.11. The Kier molecular flexibility index (Phi) is 4.07. The van der Waals surface area contributed by atoms with Crippen molar-refractivity contribution in [1.29, 1.82) is 0 Å². The number of rotatable bonds is 4. The molecule has 2 aromatic rings. The SMILES string of the molecule is O=C(CS(=O)c1cccs1)c1ccc(Br)s1. The first-order valence-electron chi connectivity index (χ1n) is 4.37. The quantitative estimate of drug-likeness (QED) is 0.801. The first-order valence-corrected chi connectivity index (χ1v) is 8.18. The second-order valence-electron chi connectivity index (χ2n) is 2.95. The molecule has 2 aromatic heterocycles. The molecule has 16 heavy (non-hydrogen) atoms. The molecule has 0 N–H and O–H groups in total. The van der Waals surface area contributed by atoms with Gasteiger partial charge in [-0.1, -0.05) is 6.07 Å². The molecule has 0 saturated carbocycles. The van der Waals surface area contributed by atoms with Crippen molar-refractivity contribution in [1.82, 2.24) is 0 Å². The van der Waals surface area contributed by atoms with Crippen molar-refractivity contribution >= 4 is 55.2 Å². The number of hydrogen-bond acceptors (Lipinski definition) is 4. The molecule has 0 aliphatic heterocycles. The van der Waals surface area contributed by atoms with Crippen LogP contribution in [-0.2, 0) is 10.8 Å². The highest BCUT2D eigenvalue weighted by molar-refractivity contribution is 9.11. The summed E-state index contributed by atoms with van der Waals surface area (Å²) in [6.45, 7) is 0. The highest BCUT2D eigenvalue weighted by Crippen LogP contribution is 2.23. The van der Waals surface area contributed by atoms with Gasteiger partial charge in [0, 0.05) is 0 Å². The van der Waals surface area contributed by atoms with E-state index in [1.165, 1.54) is 22.7 Å². The van der Waals surface area contributed by atoms with Crippen LogP contribution in [0.1, 0.15) is 9.67 Å². The maximum atomic E-state index is 11.8. The van der Waals surface area contributed by atoms with E-state index in [0.29, 0.717) is 4.88 Å². The van der Waals surface area contributed by atoms with E-state index in [1.54, 1.807) is 12.1 Å². The second-order valence-corrected chi connectivity index (χ2v) is 8.04. The Hall–Kier alpha value is -0.300. The molecule has 2 heterocycles. The molecule has 0 saturated heterocycles. The molecule has 0 aliphatic carbocycles. The van der Waals surface area contributed by atoms with Crippen LogP contribution in [0.4, 0.5) is 0 Å². The number of halogens is 1. The summed E-state index contributed by atoms with van der Waals surface area (Å²) >= 11 is 6.08. The minimum Gasteiger partial charge on any atom is -0.292 e. The smallest absolute Gasteiger partial charge is 0.185 e. The lowest BCUT2D eigenvalue weighted by atomic mass is 10.4. The summed E-state index contributed by atoms with van der Waals surface area (Å²) in [6.07, 6.45) is 0. The topological polar surface area (TPSA) is 34.1 Å². The lowest BCUT2D eigenvalue weighted by molar-refractivity contribution is 0.102. The minimum absolute atomic E-state index is 0.0630. The Balaban J connectivity index is 2.06. The zero-order valence-corrected chi connectivity index (χ0v) is 12.0. The van der Waals surface area contributed by atoms with Crippen LogP contribution in [0, 0.1) is 0 Å². The van der Waals surface area contributed by atoms with Gasteiger partial charge in [-0.05, 0) is 39.5 Å². The van der Waals surface area contributed by atoms with E-state index in [4.69, 9.17) is 0 Å². The van der Waals surface area contributed by atoms with E-state index < -0.39 is 10.8 Å². The monoisotopic (exact) mass is 334 g/mol. The van der Waals surface area contributed by atoms with Crippen LogP contribution in [0.2, 0.25) is 0 Å². The molecular weight excluding hydrogens is 328 g/mol. The van der Waals surface area contributed by atoms with Gasteiger partial charge in [-0.15, -0.1) is 22.7 Å². The summed E-state index contributed by atoms with van der Waals surface area (Å²) in [5.74, 6) is -0.00423. The van der Waals surface area contributed by atoms with Crippen LogP contribution in [0.5, 0.6) is 0 Å². The average molecular weight is 335 g/mol. The van der Waals surface area contributed by atoms with Crippen LogP contribution < -0.4 is 0 Å². The molecule has 2 rings (SSSR count). The maximum absolute atomic E-state index is 11.8. The van der Waals surface area contributed by atoms with Gasteiger partial charge < -0.3 is 0 Å². The van der Waals surface area contributed by atoms with Gasteiger partial charge in [-0.3, -0.25) is 9.00 Å². The fourth-order valence-electron chi connectivity index (χ4n) is 1.12. The van der Waals surface area contributed by atoms with E-state index in [9.17, 15) is 9.00 Å². The normalized spacial score (nSPS) is 12.6. The maximum Gasteiger partial charge on any atom is 0.185 e. The molecule has 0 spiro atoms. The van der Waals surface area contributed by atoms with Gasteiger partial charge in [-0.2, -0.15) is 0 Å². The summed E-state index contributed by atoms with van der Waals surface area (Å²) in [5, 5.41) is 1.86. The molecule has 1 atom stereocenters. The fraction of sp³-hybridized carbons (Fsp3) is 0.100. The van der Waals surface area contributed by atoms with Crippen molar-refractivity contribution in [3.63, 3.8) is 0 Å². The highest BCUT2D eigenvalue weighted by atomic mass is 79.9. The number of carbonyl (C=O) groups excluding carboxylic acids is 1. The largest absolute Gasteiger partial charge is 0.292 e. The third-order valence-electron chi connectivity index (χ3n) is 1.83. The number of carbonyl (C=O) groups is 1. The third kappa shape index (κ3) is 2.88. The molecule has 0 aromatic carbocycles. The molecule has 0 fully saturated rings. The Morgan fingerprint density at radius 3 is 2.75 bits per heavy atom. The molecule has 0 aliphatic rings. The van der Waals surface area contributed by atoms with E-state index >= 15 is 0 Å². The summed E-state index contributed by atoms with van der Waals surface area (Å²) in [6, 6.07) is 7.21. The van der Waals surface area contributed by atoms with Crippen molar-refractivity contribution in [2.75, 3.05) is 5.75 Å². The number of hydrogen-bond donors (Lipinski definition) is 0. The van der Waals surface area contributed by atoms with Gasteiger partial charge in [0.05, 0.1) is 29.4 Å². The Morgan fingerprint density at radius 2 is 2.19 bits per heavy atom. The average Bonchev–Trinajstić information content (AvgIpc) is 2.87. The van der Waals surface area contributed by atoms with Crippen LogP contribution in [0.15, 0.2) is 37.6 Å². The van der Waals surface area contributed by atoms with Gasteiger partial charge in [0.25, 0.3) is 0 Å². The van der Waals surface area contributed by atoms with Crippen molar-refractivity contribution in [3.05, 3.63) is 38.3 Å². The molecule has 84 valence electrons. The summed E-state index contributed by atoms with van der Waals surface area (Å²) in [5.41, 5.74) is 0.